The van der Waals surface area contributed by atoms with Gasteiger partial charge in [-0.15, -0.1) is 0 Å². The van der Waals surface area contributed by atoms with Crippen molar-refractivity contribution in [3.63, 3.8) is 0 Å². The first-order chi connectivity index (χ1) is 9.38. The summed E-state index contributed by atoms with van der Waals surface area (Å²) in [5.41, 5.74) is 0.888. The molecule has 1 aliphatic carbocycles. The maximum Gasteiger partial charge on any atom is 0.242 e. The number of sulfonamides is 1. The molecule has 1 aromatic heterocycles. The minimum Gasteiger partial charge on any atom is -0.363 e. The van der Waals surface area contributed by atoms with Gasteiger partial charge in [0.25, 0.3) is 0 Å². The molecular formula is C14H25N3O2S. The van der Waals surface area contributed by atoms with Gasteiger partial charge in [-0.1, -0.05) is 27.2 Å². The summed E-state index contributed by atoms with van der Waals surface area (Å²) >= 11 is 0. The zero-order valence-corrected chi connectivity index (χ0v) is 13.3. The smallest absolute Gasteiger partial charge is 0.242 e. The summed E-state index contributed by atoms with van der Waals surface area (Å²) in [4.78, 5) is 3.35. The predicted molar refractivity (Wildman–Crippen MR) is 79.9 cm³/mol. The summed E-state index contributed by atoms with van der Waals surface area (Å²) in [7, 11) is -3.40. The third kappa shape index (κ3) is 3.84. The molecule has 0 bridgehead atoms. The van der Waals surface area contributed by atoms with E-state index in [0.717, 1.165) is 25.0 Å². The number of hydrogen-bond acceptors (Lipinski definition) is 3. The quantitative estimate of drug-likeness (QED) is 0.752. The molecule has 1 aromatic rings. The van der Waals surface area contributed by atoms with Crippen LogP contribution in [0.15, 0.2) is 17.2 Å². The molecule has 5 nitrogen and oxygen atoms in total. The lowest BCUT2D eigenvalue weighted by atomic mass is 10.1. The Morgan fingerprint density at radius 2 is 2.15 bits per heavy atom. The second-order valence-electron chi connectivity index (χ2n) is 6.03. The van der Waals surface area contributed by atoms with Crippen LogP contribution in [0.3, 0.4) is 0 Å². The lowest BCUT2D eigenvalue weighted by Crippen LogP contribution is -2.36. The van der Waals surface area contributed by atoms with Crippen molar-refractivity contribution in [3.8, 4) is 0 Å². The average Bonchev–Trinajstić information content (AvgIpc) is 2.97. The van der Waals surface area contributed by atoms with Gasteiger partial charge in [-0.3, -0.25) is 0 Å². The van der Waals surface area contributed by atoms with E-state index in [0.29, 0.717) is 23.4 Å². The van der Waals surface area contributed by atoms with Crippen LogP contribution in [0.1, 0.15) is 45.7 Å². The van der Waals surface area contributed by atoms with Crippen LogP contribution in [-0.4, -0.2) is 25.5 Å². The Balaban J connectivity index is 2.02. The molecule has 0 amide bonds. The van der Waals surface area contributed by atoms with Gasteiger partial charge < -0.3 is 10.3 Å². The topological polar surface area (TPSA) is 74.0 Å². The standard InChI is InChI=1S/C14H25N3O2S/c1-10(2)15-8-12-7-13(9-16-12)20(18,19)17-14-6-4-5-11(14)3/h7,9-11,14-17H,4-6,8H2,1-3H3. The van der Waals surface area contributed by atoms with E-state index in [4.69, 9.17) is 0 Å². The highest BCUT2D eigenvalue weighted by atomic mass is 32.2. The summed E-state index contributed by atoms with van der Waals surface area (Å²) in [6.07, 6.45) is 4.71. The molecular weight excluding hydrogens is 274 g/mol. The van der Waals surface area contributed by atoms with E-state index in [9.17, 15) is 8.42 Å². The van der Waals surface area contributed by atoms with E-state index >= 15 is 0 Å². The molecule has 1 heterocycles. The molecule has 2 unspecified atom stereocenters. The van der Waals surface area contributed by atoms with Gasteiger partial charge in [0, 0.05) is 30.5 Å². The first-order valence-electron chi connectivity index (χ1n) is 7.31. The van der Waals surface area contributed by atoms with Crippen LogP contribution in [0, 0.1) is 5.92 Å². The molecule has 2 rings (SSSR count). The van der Waals surface area contributed by atoms with Crippen LogP contribution in [-0.2, 0) is 16.6 Å². The average molecular weight is 299 g/mol. The van der Waals surface area contributed by atoms with Crippen LogP contribution < -0.4 is 10.0 Å². The van der Waals surface area contributed by atoms with Crippen LogP contribution in [0.5, 0.6) is 0 Å². The monoisotopic (exact) mass is 299 g/mol. The van der Waals surface area contributed by atoms with E-state index in [-0.39, 0.29) is 6.04 Å². The normalized spacial score (nSPS) is 23.6. The summed E-state index contributed by atoms with van der Waals surface area (Å²) in [6, 6.07) is 2.15. The minimum absolute atomic E-state index is 0.0761. The van der Waals surface area contributed by atoms with Crippen molar-refractivity contribution in [2.24, 2.45) is 5.92 Å². The fourth-order valence-electron chi connectivity index (χ4n) is 2.58. The molecule has 0 radical (unpaired) electrons. The van der Waals surface area contributed by atoms with Gasteiger partial charge in [0.05, 0.1) is 4.90 Å². The summed E-state index contributed by atoms with van der Waals surface area (Å²) in [5.74, 6) is 0.422. The van der Waals surface area contributed by atoms with Gasteiger partial charge in [0.2, 0.25) is 10.0 Å². The molecule has 1 aliphatic rings. The fourth-order valence-corrected chi connectivity index (χ4v) is 3.97. The highest BCUT2D eigenvalue weighted by Crippen LogP contribution is 2.26. The summed E-state index contributed by atoms with van der Waals surface area (Å²) in [6.45, 7) is 6.87. The van der Waals surface area contributed by atoms with Crippen molar-refractivity contribution in [2.45, 2.75) is 63.6 Å². The van der Waals surface area contributed by atoms with E-state index in [2.05, 4.69) is 35.8 Å². The SMILES string of the molecule is CC(C)NCc1cc(S(=O)(=O)NC2CCCC2C)c[nH]1. The third-order valence-electron chi connectivity index (χ3n) is 3.90. The number of hydrogen-bond donors (Lipinski definition) is 3. The number of rotatable bonds is 6. The van der Waals surface area contributed by atoms with Crippen molar-refractivity contribution in [3.05, 3.63) is 18.0 Å². The predicted octanol–water partition coefficient (Wildman–Crippen LogP) is 1.98. The third-order valence-corrected chi connectivity index (χ3v) is 5.36. The summed E-state index contributed by atoms with van der Waals surface area (Å²) < 4.78 is 27.5. The molecule has 6 heteroatoms. The number of nitrogens with one attached hydrogen (secondary N) is 3. The van der Waals surface area contributed by atoms with E-state index < -0.39 is 10.0 Å². The molecule has 0 aromatic carbocycles. The zero-order chi connectivity index (χ0) is 14.8. The molecule has 114 valence electrons. The molecule has 2 atom stereocenters. The highest BCUT2D eigenvalue weighted by Gasteiger charge is 2.28. The Labute approximate surface area is 121 Å². The van der Waals surface area contributed by atoms with Crippen LogP contribution in [0.2, 0.25) is 0 Å². The van der Waals surface area contributed by atoms with E-state index in [1.54, 1.807) is 12.3 Å². The fraction of sp³-hybridized carbons (Fsp3) is 0.714. The summed E-state index contributed by atoms with van der Waals surface area (Å²) in [5, 5.41) is 3.26. The first kappa shape index (κ1) is 15.5. The largest absolute Gasteiger partial charge is 0.363 e. The van der Waals surface area contributed by atoms with Gasteiger partial charge in [-0.25, -0.2) is 13.1 Å². The van der Waals surface area contributed by atoms with Gasteiger partial charge in [-0.2, -0.15) is 0 Å². The highest BCUT2D eigenvalue weighted by molar-refractivity contribution is 7.89. The molecule has 0 saturated heterocycles. The Kier molecular flexibility index (Phi) is 4.88. The van der Waals surface area contributed by atoms with Crippen LogP contribution in [0.25, 0.3) is 0 Å². The number of aromatic nitrogens is 1. The first-order valence-corrected chi connectivity index (χ1v) is 8.80. The lowest BCUT2D eigenvalue weighted by molar-refractivity contribution is 0.476. The molecule has 0 aliphatic heterocycles. The van der Waals surface area contributed by atoms with Crippen molar-refractivity contribution in [1.29, 1.82) is 0 Å². The van der Waals surface area contributed by atoms with E-state index in [1.807, 2.05) is 0 Å². The van der Waals surface area contributed by atoms with Gasteiger partial charge in [-0.05, 0) is 24.8 Å². The minimum atomic E-state index is -3.40. The zero-order valence-electron chi connectivity index (χ0n) is 12.4. The maximum atomic E-state index is 12.3. The molecule has 1 fully saturated rings. The van der Waals surface area contributed by atoms with Crippen molar-refractivity contribution in [2.75, 3.05) is 0 Å². The van der Waals surface area contributed by atoms with Crippen LogP contribution in [0.4, 0.5) is 0 Å². The molecule has 1 saturated carbocycles. The second kappa shape index (κ2) is 6.28. The Morgan fingerprint density at radius 3 is 2.75 bits per heavy atom. The van der Waals surface area contributed by atoms with Crippen molar-refractivity contribution >= 4 is 10.0 Å². The van der Waals surface area contributed by atoms with Gasteiger partial charge >= 0.3 is 0 Å². The Hall–Kier alpha value is -0.850. The van der Waals surface area contributed by atoms with Gasteiger partial charge in [0.1, 0.15) is 0 Å². The van der Waals surface area contributed by atoms with Gasteiger partial charge in [0.15, 0.2) is 0 Å². The molecule has 3 N–H and O–H groups in total. The van der Waals surface area contributed by atoms with Crippen LogP contribution >= 0.6 is 0 Å². The van der Waals surface area contributed by atoms with Crippen molar-refractivity contribution < 1.29 is 8.42 Å². The Morgan fingerprint density at radius 1 is 1.40 bits per heavy atom. The molecule has 0 spiro atoms. The lowest BCUT2D eigenvalue weighted by Gasteiger charge is -2.16. The maximum absolute atomic E-state index is 12.3. The van der Waals surface area contributed by atoms with Crippen molar-refractivity contribution in [1.82, 2.24) is 15.0 Å². The molecule has 20 heavy (non-hydrogen) atoms. The number of aromatic amines is 1. The van der Waals surface area contributed by atoms with E-state index in [1.165, 1.54) is 0 Å². The Bertz CT molecular complexity index is 536. The second-order valence-corrected chi connectivity index (χ2v) is 7.75. The number of H-pyrrole nitrogens is 1.